The van der Waals surface area contributed by atoms with Gasteiger partial charge in [-0.05, 0) is 29.8 Å². The Labute approximate surface area is 177 Å². The van der Waals surface area contributed by atoms with Crippen molar-refractivity contribution in [3.63, 3.8) is 0 Å². The zero-order valence-electron chi connectivity index (χ0n) is 12.5. The first kappa shape index (κ1) is 18.9. The third kappa shape index (κ3) is 3.66. The molecule has 128 valence electrons. The first-order valence-electron chi connectivity index (χ1n) is 7.00. The van der Waals surface area contributed by atoms with Crippen LogP contribution in [0.2, 0.25) is 10.0 Å². The van der Waals surface area contributed by atoms with Crippen LogP contribution in [0.1, 0.15) is 5.56 Å². The molecule has 4 rings (SSSR count). The predicted molar refractivity (Wildman–Crippen MR) is 113 cm³/mol. The fourth-order valence-electron chi connectivity index (χ4n) is 2.36. The van der Waals surface area contributed by atoms with Crippen LogP contribution < -0.4 is 0 Å². The monoisotopic (exact) mass is 518 g/mol. The minimum atomic E-state index is 0. The Hall–Kier alpha value is -0.860. The predicted octanol–water partition coefficient (Wildman–Crippen LogP) is 5.95. The SMILES string of the molecule is Br.Clc1cccc(-c2nnc3n2N=C(c2ccc(Br)cc2)CS3)c1Cl. The summed E-state index contributed by atoms with van der Waals surface area (Å²) in [6, 6.07) is 13.5. The Bertz CT molecular complexity index is 957. The average molecular weight is 521 g/mol. The number of benzene rings is 2. The number of fused-ring (bicyclic) bond motifs is 1. The summed E-state index contributed by atoms with van der Waals surface area (Å²) in [6.45, 7) is 0. The van der Waals surface area contributed by atoms with E-state index in [0.29, 0.717) is 21.4 Å². The van der Waals surface area contributed by atoms with Crippen LogP contribution in [0.15, 0.2) is 57.2 Å². The van der Waals surface area contributed by atoms with Crippen LogP contribution in [0.25, 0.3) is 11.4 Å². The molecule has 1 aromatic heterocycles. The first-order chi connectivity index (χ1) is 11.6. The molecule has 0 unspecified atom stereocenters. The van der Waals surface area contributed by atoms with Gasteiger partial charge in [-0.15, -0.1) is 27.2 Å². The molecule has 0 radical (unpaired) electrons. The van der Waals surface area contributed by atoms with Crippen LogP contribution >= 0.6 is 67.9 Å². The number of hydrogen-bond acceptors (Lipinski definition) is 4. The van der Waals surface area contributed by atoms with Gasteiger partial charge >= 0.3 is 0 Å². The Morgan fingerprint density at radius 2 is 1.80 bits per heavy atom. The smallest absolute Gasteiger partial charge is 0.186 e. The molecular formula is C16H10Br2Cl2N4S. The zero-order chi connectivity index (χ0) is 16.7. The molecule has 0 N–H and O–H groups in total. The molecule has 0 saturated carbocycles. The van der Waals surface area contributed by atoms with Gasteiger partial charge < -0.3 is 0 Å². The summed E-state index contributed by atoms with van der Waals surface area (Å²) in [4.78, 5) is 0. The summed E-state index contributed by atoms with van der Waals surface area (Å²) < 4.78 is 2.76. The quantitative estimate of drug-likeness (QED) is 0.419. The summed E-state index contributed by atoms with van der Waals surface area (Å²) in [5.74, 6) is 1.32. The number of thioether (sulfide) groups is 1. The molecule has 2 aromatic carbocycles. The molecule has 1 aliphatic rings. The molecule has 3 aromatic rings. The van der Waals surface area contributed by atoms with Crippen molar-refractivity contribution in [3.05, 3.63) is 62.5 Å². The molecule has 0 spiro atoms. The van der Waals surface area contributed by atoms with E-state index in [0.717, 1.165) is 26.7 Å². The topological polar surface area (TPSA) is 43.1 Å². The van der Waals surface area contributed by atoms with Gasteiger partial charge in [-0.2, -0.15) is 9.78 Å². The van der Waals surface area contributed by atoms with Gasteiger partial charge in [0.05, 0.1) is 15.8 Å². The normalized spacial score (nSPS) is 13.0. The maximum Gasteiger partial charge on any atom is 0.212 e. The van der Waals surface area contributed by atoms with Gasteiger partial charge in [-0.25, -0.2) is 0 Å². The number of halogens is 4. The lowest BCUT2D eigenvalue weighted by molar-refractivity contribution is 0.762. The maximum atomic E-state index is 6.32. The lowest BCUT2D eigenvalue weighted by Crippen LogP contribution is -2.13. The highest BCUT2D eigenvalue weighted by molar-refractivity contribution is 9.10. The summed E-state index contributed by atoms with van der Waals surface area (Å²) in [6.07, 6.45) is 0. The van der Waals surface area contributed by atoms with E-state index in [1.54, 1.807) is 22.5 Å². The van der Waals surface area contributed by atoms with Crippen molar-refractivity contribution in [1.29, 1.82) is 0 Å². The summed E-state index contributed by atoms with van der Waals surface area (Å²) >= 11 is 17.5. The standard InChI is InChI=1S/C16H9BrCl2N4S.BrH/c17-10-6-4-9(5-7-10)13-8-24-16-21-20-15(23(16)22-13)11-2-1-3-12(18)14(11)19;/h1-7H,8H2;1H. The molecule has 0 bridgehead atoms. The fourth-order valence-corrected chi connectivity index (χ4v) is 3.84. The number of rotatable bonds is 2. The fraction of sp³-hybridized carbons (Fsp3) is 0.0625. The molecule has 25 heavy (non-hydrogen) atoms. The molecule has 4 nitrogen and oxygen atoms in total. The van der Waals surface area contributed by atoms with Crippen LogP contribution in [0.5, 0.6) is 0 Å². The van der Waals surface area contributed by atoms with Crippen LogP contribution in [-0.2, 0) is 0 Å². The van der Waals surface area contributed by atoms with E-state index in [1.807, 2.05) is 36.4 Å². The average Bonchev–Trinajstić information content (AvgIpc) is 3.01. The molecule has 1 aliphatic heterocycles. The van der Waals surface area contributed by atoms with Crippen molar-refractivity contribution in [2.24, 2.45) is 5.10 Å². The Kier molecular flexibility index (Phi) is 5.90. The van der Waals surface area contributed by atoms with Gasteiger partial charge in [0, 0.05) is 15.8 Å². The summed E-state index contributed by atoms with van der Waals surface area (Å²) in [5, 5.41) is 14.8. The van der Waals surface area contributed by atoms with Crippen LogP contribution in [-0.4, -0.2) is 26.3 Å². The minimum Gasteiger partial charge on any atom is -0.186 e. The number of aromatic nitrogens is 3. The van der Waals surface area contributed by atoms with Crippen molar-refractivity contribution >= 4 is 73.6 Å². The van der Waals surface area contributed by atoms with E-state index in [-0.39, 0.29) is 17.0 Å². The van der Waals surface area contributed by atoms with E-state index in [2.05, 4.69) is 26.1 Å². The third-order valence-corrected chi connectivity index (χ3v) is 5.82. The van der Waals surface area contributed by atoms with Crippen molar-refractivity contribution in [1.82, 2.24) is 14.9 Å². The number of hydrogen-bond donors (Lipinski definition) is 0. The van der Waals surface area contributed by atoms with Crippen LogP contribution in [0.4, 0.5) is 0 Å². The first-order valence-corrected chi connectivity index (χ1v) is 9.53. The van der Waals surface area contributed by atoms with Gasteiger partial charge in [0.15, 0.2) is 5.82 Å². The third-order valence-electron chi connectivity index (χ3n) is 3.54. The molecule has 9 heteroatoms. The molecule has 0 amide bonds. The van der Waals surface area contributed by atoms with Crippen LogP contribution in [0, 0.1) is 0 Å². The molecule has 2 heterocycles. The van der Waals surface area contributed by atoms with Crippen molar-refractivity contribution < 1.29 is 0 Å². The largest absolute Gasteiger partial charge is 0.212 e. The Morgan fingerprint density at radius 3 is 2.56 bits per heavy atom. The van der Waals surface area contributed by atoms with Gasteiger partial charge in [-0.3, -0.25) is 0 Å². The van der Waals surface area contributed by atoms with E-state index in [1.165, 1.54) is 0 Å². The highest BCUT2D eigenvalue weighted by Gasteiger charge is 2.22. The molecular weight excluding hydrogens is 511 g/mol. The summed E-state index contributed by atoms with van der Waals surface area (Å²) in [7, 11) is 0. The van der Waals surface area contributed by atoms with Gasteiger partial charge in [-0.1, -0.05) is 69.1 Å². The van der Waals surface area contributed by atoms with Crippen molar-refractivity contribution in [2.45, 2.75) is 5.16 Å². The van der Waals surface area contributed by atoms with Gasteiger partial charge in [0.2, 0.25) is 5.16 Å². The highest BCUT2D eigenvalue weighted by Crippen LogP contribution is 2.35. The highest BCUT2D eigenvalue weighted by atomic mass is 79.9. The molecule has 0 saturated heterocycles. The zero-order valence-corrected chi connectivity index (χ0v) is 18.1. The van der Waals surface area contributed by atoms with Gasteiger partial charge in [0.1, 0.15) is 0 Å². The lowest BCUT2D eigenvalue weighted by atomic mass is 10.1. The van der Waals surface area contributed by atoms with Crippen molar-refractivity contribution in [2.75, 3.05) is 5.75 Å². The van der Waals surface area contributed by atoms with Crippen LogP contribution in [0.3, 0.4) is 0 Å². The van der Waals surface area contributed by atoms with E-state index < -0.39 is 0 Å². The van der Waals surface area contributed by atoms with Crippen molar-refractivity contribution in [3.8, 4) is 11.4 Å². The summed E-state index contributed by atoms with van der Waals surface area (Å²) in [5.41, 5.74) is 2.73. The van der Waals surface area contributed by atoms with E-state index in [9.17, 15) is 0 Å². The second kappa shape index (κ2) is 7.80. The molecule has 0 fully saturated rings. The lowest BCUT2D eigenvalue weighted by Gasteiger charge is -2.14. The maximum absolute atomic E-state index is 6.32. The van der Waals surface area contributed by atoms with E-state index >= 15 is 0 Å². The second-order valence-electron chi connectivity index (χ2n) is 5.06. The van der Waals surface area contributed by atoms with E-state index in [4.69, 9.17) is 28.3 Å². The number of nitrogens with zero attached hydrogens (tertiary/aromatic N) is 4. The minimum absolute atomic E-state index is 0. The molecule has 0 atom stereocenters. The Balaban J connectivity index is 0.00000182. The Morgan fingerprint density at radius 1 is 1.04 bits per heavy atom. The van der Waals surface area contributed by atoms with Gasteiger partial charge in [0.25, 0.3) is 0 Å². The molecule has 0 aliphatic carbocycles. The second-order valence-corrected chi connectivity index (χ2v) is 7.70.